The van der Waals surface area contributed by atoms with Gasteiger partial charge in [-0.3, -0.25) is 0 Å². The summed E-state index contributed by atoms with van der Waals surface area (Å²) in [6, 6.07) is 6.83. The second-order valence-corrected chi connectivity index (χ2v) is 4.35. The molecule has 0 bridgehead atoms. The average Bonchev–Trinajstić information content (AvgIpc) is 2.73. The van der Waals surface area contributed by atoms with Crippen molar-refractivity contribution in [1.82, 2.24) is 5.32 Å². The molecule has 1 aliphatic rings. The fraction of sp³-hybridized carbons (Fsp3) is 0.538. The van der Waals surface area contributed by atoms with E-state index in [0.29, 0.717) is 6.04 Å². The van der Waals surface area contributed by atoms with Gasteiger partial charge in [-0.05, 0) is 56.5 Å². The van der Waals surface area contributed by atoms with Crippen molar-refractivity contribution in [3.05, 3.63) is 29.3 Å². The number of hydrogen-bond donors (Lipinski definition) is 1. The molecule has 0 aromatic heterocycles. The molecule has 0 amide bonds. The molecule has 1 fully saturated rings. The van der Waals surface area contributed by atoms with Crippen molar-refractivity contribution in [3.63, 3.8) is 0 Å². The molecule has 82 valence electrons. The third-order valence-corrected chi connectivity index (χ3v) is 3.09. The van der Waals surface area contributed by atoms with Crippen molar-refractivity contribution in [2.24, 2.45) is 0 Å². The summed E-state index contributed by atoms with van der Waals surface area (Å²) in [6.45, 7) is 6.18. The summed E-state index contributed by atoms with van der Waals surface area (Å²) in [7, 11) is 0. The zero-order chi connectivity index (χ0) is 10.7. The first-order valence-electron chi connectivity index (χ1n) is 5.69. The van der Waals surface area contributed by atoms with Gasteiger partial charge in [0.25, 0.3) is 0 Å². The van der Waals surface area contributed by atoms with Gasteiger partial charge >= 0.3 is 0 Å². The van der Waals surface area contributed by atoms with E-state index in [9.17, 15) is 0 Å². The highest BCUT2D eigenvalue weighted by Gasteiger charge is 2.14. The molecule has 1 aliphatic heterocycles. The third-order valence-electron chi connectivity index (χ3n) is 3.09. The molecule has 0 spiro atoms. The second-order valence-electron chi connectivity index (χ2n) is 4.35. The van der Waals surface area contributed by atoms with Crippen LogP contribution in [0.3, 0.4) is 0 Å². The van der Waals surface area contributed by atoms with E-state index in [0.717, 1.165) is 18.9 Å². The van der Waals surface area contributed by atoms with Crippen molar-refractivity contribution >= 4 is 0 Å². The van der Waals surface area contributed by atoms with E-state index in [-0.39, 0.29) is 0 Å². The molecule has 0 radical (unpaired) electrons. The minimum absolute atomic E-state index is 0.548. The molecular formula is C13H19NO. The maximum Gasteiger partial charge on any atom is 0.119 e. The van der Waals surface area contributed by atoms with E-state index in [1.165, 1.54) is 24.0 Å². The van der Waals surface area contributed by atoms with Gasteiger partial charge in [-0.25, -0.2) is 0 Å². The van der Waals surface area contributed by atoms with E-state index in [1.54, 1.807) is 0 Å². The first-order chi connectivity index (χ1) is 7.25. The zero-order valence-corrected chi connectivity index (χ0v) is 9.55. The molecule has 2 rings (SSSR count). The highest BCUT2D eigenvalue weighted by Crippen LogP contribution is 2.17. The first kappa shape index (κ1) is 10.5. The molecule has 2 nitrogen and oxygen atoms in total. The zero-order valence-electron chi connectivity index (χ0n) is 9.55. The van der Waals surface area contributed by atoms with Gasteiger partial charge in [-0.2, -0.15) is 0 Å². The first-order valence-corrected chi connectivity index (χ1v) is 5.69. The van der Waals surface area contributed by atoms with Crippen LogP contribution in [0, 0.1) is 13.8 Å². The summed E-state index contributed by atoms with van der Waals surface area (Å²) in [5, 5.41) is 3.43. The van der Waals surface area contributed by atoms with Crippen molar-refractivity contribution < 1.29 is 4.74 Å². The van der Waals surface area contributed by atoms with Crippen LogP contribution in [0.4, 0.5) is 0 Å². The lowest BCUT2D eigenvalue weighted by molar-refractivity contribution is 0.277. The van der Waals surface area contributed by atoms with Crippen LogP contribution in [0.25, 0.3) is 0 Å². The molecule has 0 aliphatic carbocycles. The molecular weight excluding hydrogens is 186 g/mol. The number of nitrogens with one attached hydrogen (secondary N) is 1. The summed E-state index contributed by atoms with van der Waals surface area (Å²) in [5.74, 6) is 0.992. The van der Waals surface area contributed by atoms with E-state index in [4.69, 9.17) is 4.74 Å². The second kappa shape index (κ2) is 4.67. The summed E-state index contributed by atoms with van der Waals surface area (Å²) in [6.07, 6.45) is 2.52. The van der Waals surface area contributed by atoms with Crippen LogP contribution in [0.1, 0.15) is 24.0 Å². The minimum Gasteiger partial charge on any atom is -0.492 e. The lowest BCUT2D eigenvalue weighted by atomic mass is 10.1. The predicted octanol–water partition coefficient (Wildman–Crippen LogP) is 2.43. The van der Waals surface area contributed by atoms with Crippen LogP contribution >= 0.6 is 0 Å². The van der Waals surface area contributed by atoms with Crippen LogP contribution in [-0.4, -0.2) is 19.2 Å². The number of rotatable bonds is 3. The topological polar surface area (TPSA) is 21.3 Å². The van der Waals surface area contributed by atoms with Crippen molar-refractivity contribution in [2.75, 3.05) is 13.2 Å². The van der Waals surface area contributed by atoms with Gasteiger partial charge in [0.1, 0.15) is 12.4 Å². The highest BCUT2D eigenvalue weighted by atomic mass is 16.5. The van der Waals surface area contributed by atoms with Gasteiger partial charge in [0, 0.05) is 6.04 Å². The van der Waals surface area contributed by atoms with Crippen LogP contribution < -0.4 is 10.1 Å². The van der Waals surface area contributed by atoms with Crippen molar-refractivity contribution in [1.29, 1.82) is 0 Å². The Morgan fingerprint density at radius 2 is 2.20 bits per heavy atom. The minimum atomic E-state index is 0.548. The summed E-state index contributed by atoms with van der Waals surface area (Å²) in [4.78, 5) is 0. The van der Waals surface area contributed by atoms with Crippen molar-refractivity contribution in [2.45, 2.75) is 32.7 Å². The maximum absolute atomic E-state index is 5.76. The van der Waals surface area contributed by atoms with Crippen molar-refractivity contribution in [3.8, 4) is 5.75 Å². The lowest BCUT2D eigenvalue weighted by Gasteiger charge is -2.12. The molecule has 1 aromatic rings. The van der Waals surface area contributed by atoms with Crippen LogP contribution in [0.5, 0.6) is 5.75 Å². The Morgan fingerprint density at radius 3 is 2.87 bits per heavy atom. The Hall–Kier alpha value is -1.02. The number of benzene rings is 1. The fourth-order valence-corrected chi connectivity index (χ4v) is 1.90. The monoisotopic (exact) mass is 205 g/mol. The molecule has 1 N–H and O–H groups in total. The van der Waals surface area contributed by atoms with Crippen LogP contribution in [-0.2, 0) is 0 Å². The number of ether oxygens (including phenoxy) is 1. The van der Waals surface area contributed by atoms with E-state index >= 15 is 0 Å². The Labute approximate surface area is 91.6 Å². The van der Waals surface area contributed by atoms with Gasteiger partial charge in [-0.1, -0.05) is 6.07 Å². The molecule has 0 saturated carbocycles. The van der Waals surface area contributed by atoms with E-state index in [1.807, 2.05) is 0 Å². The van der Waals surface area contributed by atoms with Gasteiger partial charge in [0.05, 0.1) is 0 Å². The highest BCUT2D eigenvalue weighted by molar-refractivity contribution is 5.33. The smallest absolute Gasteiger partial charge is 0.119 e. The van der Waals surface area contributed by atoms with Gasteiger partial charge in [0.15, 0.2) is 0 Å². The molecule has 15 heavy (non-hydrogen) atoms. The number of hydrogen-bond acceptors (Lipinski definition) is 2. The lowest BCUT2D eigenvalue weighted by Crippen LogP contribution is -2.28. The van der Waals surface area contributed by atoms with E-state index < -0.39 is 0 Å². The summed E-state index contributed by atoms with van der Waals surface area (Å²) in [5.41, 5.74) is 2.62. The predicted molar refractivity (Wildman–Crippen MR) is 62.4 cm³/mol. The summed E-state index contributed by atoms with van der Waals surface area (Å²) < 4.78 is 5.76. The molecule has 2 heteroatoms. The molecule has 0 unspecified atom stereocenters. The Morgan fingerprint density at radius 1 is 1.33 bits per heavy atom. The molecule has 1 atom stereocenters. The Balaban J connectivity index is 1.90. The standard InChI is InChI=1S/C13H19NO/c1-10-5-6-13(8-11(10)2)15-9-12-4-3-7-14-12/h5-6,8,12,14H,3-4,7,9H2,1-2H3/t12-/m1/s1. The van der Waals surface area contributed by atoms with Crippen LogP contribution in [0.15, 0.2) is 18.2 Å². The molecule has 1 heterocycles. The normalized spacial score (nSPS) is 20.5. The third kappa shape index (κ3) is 2.72. The number of aryl methyl sites for hydroxylation is 2. The SMILES string of the molecule is Cc1ccc(OC[C@H]2CCCN2)cc1C. The molecule has 1 saturated heterocycles. The Bertz CT molecular complexity index is 329. The van der Waals surface area contributed by atoms with Gasteiger partial charge < -0.3 is 10.1 Å². The largest absolute Gasteiger partial charge is 0.492 e. The van der Waals surface area contributed by atoms with E-state index in [2.05, 4.69) is 37.4 Å². The fourth-order valence-electron chi connectivity index (χ4n) is 1.90. The summed E-state index contributed by atoms with van der Waals surface area (Å²) >= 11 is 0. The van der Waals surface area contributed by atoms with Crippen LogP contribution in [0.2, 0.25) is 0 Å². The van der Waals surface area contributed by atoms with Gasteiger partial charge in [0.2, 0.25) is 0 Å². The maximum atomic E-state index is 5.76. The van der Waals surface area contributed by atoms with Gasteiger partial charge in [-0.15, -0.1) is 0 Å². The average molecular weight is 205 g/mol. The quantitative estimate of drug-likeness (QED) is 0.818. The Kier molecular flexibility index (Phi) is 3.27. The molecule has 1 aromatic carbocycles.